The summed E-state index contributed by atoms with van der Waals surface area (Å²) in [7, 11) is 0. The van der Waals surface area contributed by atoms with Crippen LogP contribution in [0.4, 0.5) is 0 Å². The molecule has 2 aliphatic rings. The van der Waals surface area contributed by atoms with Gasteiger partial charge in [-0.2, -0.15) is 0 Å². The quantitative estimate of drug-likeness (QED) is 0.608. The average molecular weight is 450 g/mol. The lowest BCUT2D eigenvalue weighted by molar-refractivity contribution is -0.126. The normalized spacial score (nSPS) is 18.2. The third-order valence-corrected chi connectivity index (χ3v) is 6.92. The van der Waals surface area contributed by atoms with E-state index in [1.807, 2.05) is 13.0 Å². The maximum Gasteiger partial charge on any atom is 0.223 e. The molecule has 0 radical (unpaired) electrons. The molecule has 0 aliphatic carbocycles. The van der Waals surface area contributed by atoms with Crippen LogP contribution in [0.25, 0.3) is 0 Å². The summed E-state index contributed by atoms with van der Waals surface area (Å²) in [5.41, 5.74) is 3.82. The molecule has 178 valence electrons. The average Bonchev–Trinajstić information content (AvgIpc) is 2.85. The summed E-state index contributed by atoms with van der Waals surface area (Å²) in [6, 6.07) is 17.1. The molecule has 2 fully saturated rings. The van der Waals surface area contributed by atoms with Crippen molar-refractivity contribution in [3.8, 4) is 5.75 Å². The van der Waals surface area contributed by atoms with Gasteiger partial charge in [-0.3, -0.25) is 14.6 Å². The standard InChI is InChI=1S/C28H39N3O2/c1-2-33-27-8-6-7-25(19-27)22-31-17-13-26(14-18-31)28(32)29-20-23-9-11-24(12-10-23)21-30-15-4-3-5-16-30/h6-12,19,26H,2-5,13-18,20-22H2,1H3,(H,29,32). The highest BCUT2D eigenvalue weighted by Crippen LogP contribution is 2.21. The molecule has 0 unspecified atom stereocenters. The molecular weight excluding hydrogens is 410 g/mol. The molecule has 0 saturated carbocycles. The van der Waals surface area contributed by atoms with Crippen molar-refractivity contribution in [2.45, 2.75) is 58.7 Å². The van der Waals surface area contributed by atoms with Gasteiger partial charge in [0.1, 0.15) is 5.75 Å². The summed E-state index contributed by atoms with van der Waals surface area (Å²) < 4.78 is 5.61. The van der Waals surface area contributed by atoms with E-state index in [-0.39, 0.29) is 11.8 Å². The molecule has 5 heteroatoms. The largest absolute Gasteiger partial charge is 0.494 e. The lowest BCUT2D eigenvalue weighted by atomic mass is 9.95. The minimum atomic E-state index is 0.120. The fourth-order valence-corrected chi connectivity index (χ4v) is 4.98. The Kier molecular flexibility index (Phi) is 8.79. The molecule has 0 spiro atoms. The van der Waals surface area contributed by atoms with Crippen LogP contribution < -0.4 is 10.1 Å². The Morgan fingerprint density at radius 2 is 1.55 bits per heavy atom. The first-order chi connectivity index (χ1) is 16.2. The molecule has 1 amide bonds. The van der Waals surface area contributed by atoms with Crippen molar-refractivity contribution in [3.05, 3.63) is 65.2 Å². The van der Waals surface area contributed by atoms with Crippen molar-refractivity contribution in [1.82, 2.24) is 15.1 Å². The Labute approximate surface area is 199 Å². The molecule has 0 bridgehead atoms. The van der Waals surface area contributed by atoms with Gasteiger partial charge in [-0.1, -0.05) is 42.8 Å². The van der Waals surface area contributed by atoms with Gasteiger partial charge < -0.3 is 10.1 Å². The summed E-state index contributed by atoms with van der Waals surface area (Å²) in [6.07, 6.45) is 5.86. The molecule has 5 nitrogen and oxygen atoms in total. The maximum absolute atomic E-state index is 12.7. The van der Waals surface area contributed by atoms with Crippen molar-refractivity contribution >= 4 is 5.91 Å². The summed E-state index contributed by atoms with van der Waals surface area (Å²) in [4.78, 5) is 17.7. The smallest absolute Gasteiger partial charge is 0.223 e. The van der Waals surface area contributed by atoms with Crippen molar-refractivity contribution in [2.75, 3.05) is 32.8 Å². The number of rotatable bonds is 9. The second kappa shape index (κ2) is 12.2. The number of likely N-dealkylation sites (tertiary alicyclic amines) is 2. The molecule has 2 aromatic carbocycles. The van der Waals surface area contributed by atoms with Crippen LogP contribution in [0.15, 0.2) is 48.5 Å². The lowest BCUT2D eigenvalue weighted by Gasteiger charge is -2.31. The van der Waals surface area contributed by atoms with E-state index >= 15 is 0 Å². The predicted octanol–water partition coefficient (Wildman–Crippen LogP) is 4.60. The highest BCUT2D eigenvalue weighted by atomic mass is 16.5. The van der Waals surface area contributed by atoms with Gasteiger partial charge in [0, 0.05) is 25.6 Å². The number of nitrogens with one attached hydrogen (secondary N) is 1. The van der Waals surface area contributed by atoms with E-state index in [1.54, 1.807) is 0 Å². The van der Waals surface area contributed by atoms with Gasteiger partial charge in [0.15, 0.2) is 0 Å². The topological polar surface area (TPSA) is 44.8 Å². The van der Waals surface area contributed by atoms with Crippen LogP contribution in [0.2, 0.25) is 0 Å². The molecule has 2 aromatic rings. The monoisotopic (exact) mass is 449 g/mol. The molecular formula is C28H39N3O2. The van der Waals surface area contributed by atoms with Crippen LogP contribution in [0.1, 0.15) is 55.7 Å². The van der Waals surface area contributed by atoms with Gasteiger partial charge >= 0.3 is 0 Å². The summed E-state index contributed by atoms with van der Waals surface area (Å²) in [5, 5.41) is 3.17. The summed E-state index contributed by atoms with van der Waals surface area (Å²) >= 11 is 0. The van der Waals surface area contributed by atoms with Crippen LogP contribution in [-0.4, -0.2) is 48.5 Å². The zero-order valence-corrected chi connectivity index (χ0v) is 20.1. The third-order valence-electron chi connectivity index (χ3n) is 6.92. The Morgan fingerprint density at radius 1 is 0.879 bits per heavy atom. The van der Waals surface area contributed by atoms with Crippen LogP contribution in [0.3, 0.4) is 0 Å². The SMILES string of the molecule is CCOc1cccc(CN2CCC(C(=O)NCc3ccc(CN4CCCCC4)cc3)CC2)c1. The van der Waals surface area contributed by atoms with Crippen LogP contribution in [-0.2, 0) is 24.4 Å². The second-order valence-corrected chi connectivity index (χ2v) is 9.50. The number of amides is 1. The minimum absolute atomic E-state index is 0.120. The molecule has 0 aromatic heterocycles. The van der Waals surface area contributed by atoms with Crippen LogP contribution in [0, 0.1) is 5.92 Å². The molecule has 0 atom stereocenters. The number of hydrogen-bond acceptors (Lipinski definition) is 4. The Bertz CT molecular complexity index is 869. The predicted molar refractivity (Wildman–Crippen MR) is 133 cm³/mol. The molecule has 2 heterocycles. The second-order valence-electron chi connectivity index (χ2n) is 9.50. The van der Waals surface area contributed by atoms with Crippen molar-refractivity contribution in [3.63, 3.8) is 0 Å². The van der Waals surface area contributed by atoms with E-state index in [1.165, 1.54) is 49.0 Å². The van der Waals surface area contributed by atoms with E-state index < -0.39 is 0 Å². The van der Waals surface area contributed by atoms with Crippen molar-refractivity contribution < 1.29 is 9.53 Å². The van der Waals surface area contributed by atoms with Crippen LogP contribution in [0.5, 0.6) is 5.75 Å². The lowest BCUT2D eigenvalue weighted by Crippen LogP contribution is -2.40. The number of carbonyl (C=O) groups excluding carboxylic acids is 1. The van der Waals surface area contributed by atoms with E-state index in [0.29, 0.717) is 13.2 Å². The molecule has 2 aliphatic heterocycles. The third kappa shape index (κ3) is 7.31. The van der Waals surface area contributed by atoms with E-state index in [4.69, 9.17) is 4.74 Å². The highest BCUT2D eigenvalue weighted by molar-refractivity contribution is 5.78. The number of hydrogen-bond donors (Lipinski definition) is 1. The van der Waals surface area contributed by atoms with Gasteiger partial charge in [-0.25, -0.2) is 0 Å². The van der Waals surface area contributed by atoms with Crippen molar-refractivity contribution in [2.24, 2.45) is 5.92 Å². The number of carbonyl (C=O) groups is 1. The molecule has 4 rings (SSSR count). The van der Waals surface area contributed by atoms with Gasteiger partial charge in [-0.15, -0.1) is 0 Å². The Hall–Kier alpha value is -2.37. The summed E-state index contributed by atoms with van der Waals surface area (Å²) in [6.45, 7) is 9.63. The van der Waals surface area contributed by atoms with Crippen molar-refractivity contribution in [1.29, 1.82) is 0 Å². The van der Waals surface area contributed by atoms with Crippen LogP contribution >= 0.6 is 0 Å². The number of benzene rings is 2. The zero-order valence-electron chi connectivity index (χ0n) is 20.1. The fourth-order valence-electron chi connectivity index (χ4n) is 4.98. The first-order valence-corrected chi connectivity index (χ1v) is 12.7. The van der Waals surface area contributed by atoms with Gasteiger partial charge in [0.2, 0.25) is 5.91 Å². The van der Waals surface area contributed by atoms with Gasteiger partial charge in [0.05, 0.1) is 6.61 Å². The number of piperidine rings is 2. The molecule has 2 saturated heterocycles. The number of ether oxygens (including phenoxy) is 1. The Morgan fingerprint density at radius 3 is 2.27 bits per heavy atom. The first-order valence-electron chi connectivity index (χ1n) is 12.7. The number of nitrogens with zero attached hydrogens (tertiary/aromatic N) is 2. The summed E-state index contributed by atoms with van der Waals surface area (Å²) in [5.74, 6) is 1.25. The van der Waals surface area contributed by atoms with E-state index in [0.717, 1.165) is 44.8 Å². The zero-order chi connectivity index (χ0) is 22.9. The van der Waals surface area contributed by atoms with E-state index in [9.17, 15) is 4.79 Å². The molecule has 1 N–H and O–H groups in total. The van der Waals surface area contributed by atoms with E-state index in [2.05, 4.69) is 57.6 Å². The highest BCUT2D eigenvalue weighted by Gasteiger charge is 2.24. The fraction of sp³-hybridized carbons (Fsp3) is 0.536. The van der Waals surface area contributed by atoms with Gasteiger partial charge in [0.25, 0.3) is 0 Å². The first kappa shape index (κ1) is 23.8. The Balaban J connectivity index is 1.17. The maximum atomic E-state index is 12.7. The molecule has 33 heavy (non-hydrogen) atoms. The minimum Gasteiger partial charge on any atom is -0.494 e. The van der Waals surface area contributed by atoms with Gasteiger partial charge in [-0.05, 0) is 87.6 Å².